The Balaban J connectivity index is 1.47. The normalized spacial score (nSPS) is 15.4. The smallest absolute Gasteiger partial charge is 0.324 e. The van der Waals surface area contributed by atoms with Crippen LogP contribution in [-0.2, 0) is 9.59 Å². The number of nitrogens with one attached hydrogen (secondary N) is 2. The Hall–Kier alpha value is -4.46. The number of urea groups is 1. The van der Waals surface area contributed by atoms with Gasteiger partial charge >= 0.3 is 6.03 Å². The number of nitrogens with zero attached hydrogens (tertiary/aromatic N) is 2. The van der Waals surface area contributed by atoms with Crippen molar-refractivity contribution >= 4 is 40.8 Å². The molecule has 1 saturated heterocycles. The highest BCUT2D eigenvalue weighted by molar-refractivity contribution is 6.16. The average molecular weight is 457 g/mol. The fourth-order valence-electron chi connectivity index (χ4n) is 3.75. The fraction of sp³-hybridized carbons (Fsp3) is 0.154. The quantitative estimate of drug-likeness (QED) is 0.547. The molecule has 1 fully saturated rings. The van der Waals surface area contributed by atoms with Crippen LogP contribution in [0.5, 0.6) is 0 Å². The molecule has 1 heterocycles. The summed E-state index contributed by atoms with van der Waals surface area (Å²) in [5.74, 6) is -1.44. The van der Waals surface area contributed by atoms with Crippen molar-refractivity contribution in [3.63, 3.8) is 0 Å². The molecule has 1 aliphatic heterocycles. The molecular formula is C26H24N4O4. The van der Waals surface area contributed by atoms with E-state index in [9.17, 15) is 19.2 Å². The molecule has 8 heteroatoms. The highest BCUT2D eigenvalue weighted by Gasteiger charge is 2.44. The van der Waals surface area contributed by atoms with E-state index in [0.29, 0.717) is 11.4 Å². The SMILES string of the molecule is Cc1ccc(N2C(=O)N(CC(=O)Nc3ccccc3C(=O)Nc3ccccc3)C(=O)C2C)cc1. The number of carbonyl (C=O) groups excluding carboxylic acids is 4. The van der Waals surface area contributed by atoms with Crippen LogP contribution in [0.15, 0.2) is 78.9 Å². The standard InChI is InChI=1S/C26H24N4O4/c1-17-12-14-20(15-13-17)30-18(2)25(33)29(26(30)34)16-23(31)28-22-11-7-6-10-21(22)24(32)27-19-8-4-3-5-9-19/h3-15,18H,16H2,1-2H3,(H,27,32)(H,28,31). The molecule has 2 N–H and O–H groups in total. The highest BCUT2D eigenvalue weighted by Crippen LogP contribution is 2.26. The monoisotopic (exact) mass is 456 g/mol. The van der Waals surface area contributed by atoms with E-state index in [0.717, 1.165) is 10.5 Å². The summed E-state index contributed by atoms with van der Waals surface area (Å²) in [5.41, 5.74) is 2.77. The van der Waals surface area contributed by atoms with Gasteiger partial charge in [-0.3, -0.25) is 24.2 Å². The van der Waals surface area contributed by atoms with Crippen molar-refractivity contribution in [2.45, 2.75) is 19.9 Å². The third-order valence-electron chi connectivity index (χ3n) is 5.54. The lowest BCUT2D eigenvalue weighted by Gasteiger charge is -2.19. The van der Waals surface area contributed by atoms with Crippen LogP contribution in [-0.4, -0.2) is 41.2 Å². The van der Waals surface area contributed by atoms with E-state index in [4.69, 9.17) is 0 Å². The number of hydrogen-bond donors (Lipinski definition) is 2. The lowest BCUT2D eigenvalue weighted by Crippen LogP contribution is -2.39. The number of para-hydroxylation sites is 2. The Labute approximate surface area is 197 Å². The number of rotatable bonds is 6. The second-order valence-electron chi connectivity index (χ2n) is 8.00. The van der Waals surface area contributed by atoms with Crippen LogP contribution in [0.1, 0.15) is 22.8 Å². The molecule has 3 aromatic rings. The number of hydrogen-bond acceptors (Lipinski definition) is 4. The molecule has 1 unspecified atom stereocenters. The summed E-state index contributed by atoms with van der Waals surface area (Å²) in [6, 6.07) is 21.4. The second-order valence-corrected chi connectivity index (χ2v) is 8.00. The lowest BCUT2D eigenvalue weighted by atomic mass is 10.1. The van der Waals surface area contributed by atoms with E-state index >= 15 is 0 Å². The minimum atomic E-state index is -0.730. The van der Waals surface area contributed by atoms with Gasteiger partial charge in [0, 0.05) is 11.4 Å². The van der Waals surface area contributed by atoms with Gasteiger partial charge in [0.25, 0.3) is 11.8 Å². The van der Waals surface area contributed by atoms with E-state index in [2.05, 4.69) is 10.6 Å². The van der Waals surface area contributed by atoms with Crippen molar-refractivity contribution in [2.24, 2.45) is 0 Å². The number of imide groups is 1. The van der Waals surface area contributed by atoms with Crippen molar-refractivity contribution < 1.29 is 19.2 Å². The maximum atomic E-state index is 13.0. The van der Waals surface area contributed by atoms with Gasteiger partial charge in [0.2, 0.25) is 5.91 Å². The summed E-state index contributed by atoms with van der Waals surface area (Å²) in [5, 5.41) is 5.43. The number of aryl methyl sites for hydroxylation is 1. The summed E-state index contributed by atoms with van der Waals surface area (Å²) in [4.78, 5) is 53.5. The summed E-state index contributed by atoms with van der Waals surface area (Å²) < 4.78 is 0. The minimum absolute atomic E-state index is 0.258. The molecule has 0 saturated carbocycles. The maximum absolute atomic E-state index is 13.0. The number of anilines is 3. The van der Waals surface area contributed by atoms with Gasteiger partial charge in [-0.1, -0.05) is 48.0 Å². The number of carbonyl (C=O) groups is 4. The molecule has 0 aliphatic carbocycles. The van der Waals surface area contributed by atoms with Crippen molar-refractivity contribution in [1.82, 2.24) is 4.90 Å². The van der Waals surface area contributed by atoms with E-state index in [1.165, 1.54) is 4.90 Å². The van der Waals surface area contributed by atoms with Crippen molar-refractivity contribution in [2.75, 3.05) is 22.1 Å². The third-order valence-corrected chi connectivity index (χ3v) is 5.54. The summed E-state index contributed by atoms with van der Waals surface area (Å²) in [7, 11) is 0. The van der Waals surface area contributed by atoms with Crippen LogP contribution in [0.25, 0.3) is 0 Å². The van der Waals surface area contributed by atoms with E-state index in [-0.39, 0.29) is 11.3 Å². The van der Waals surface area contributed by atoms with E-state index in [1.54, 1.807) is 67.6 Å². The second kappa shape index (κ2) is 9.58. The first-order chi connectivity index (χ1) is 16.3. The van der Waals surface area contributed by atoms with Crippen LogP contribution in [0.2, 0.25) is 0 Å². The van der Waals surface area contributed by atoms with Crippen LogP contribution in [0.3, 0.4) is 0 Å². The summed E-state index contributed by atoms with van der Waals surface area (Å²) >= 11 is 0. The molecule has 0 aromatic heterocycles. The Morgan fingerprint density at radius 3 is 2.21 bits per heavy atom. The van der Waals surface area contributed by atoms with Crippen molar-refractivity contribution in [3.05, 3.63) is 90.0 Å². The molecule has 8 nitrogen and oxygen atoms in total. The van der Waals surface area contributed by atoms with Crippen LogP contribution < -0.4 is 15.5 Å². The van der Waals surface area contributed by atoms with Crippen LogP contribution >= 0.6 is 0 Å². The van der Waals surface area contributed by atoms with Gasteiger partial charge < -0.3 is 10.6 Å². The highest BCUT2D eigenvalue weighted by atomic mass is 16.2. The first-order valence-electron chi connectivity index (χ1n) is 10.8. The third kappa shape index (κ3) is 4.66. The molecule has 4 rings (SSSR count). The maximum Gasteiger partial charge on any atom is 0.332 e. The minimum Gasteiger partial charge on any atom is -0.324 e. The molecule has 1 atom stereocenters. The van der Waals surface area contributed by atoms with Gasteiger partial charge in [0.05, 0.1) is 11.3 Å². The zero-order valence-corrected chi connectivity index (χ0v) is 18.8. The molecule has 0 radical (unpaired) electrons. The predicted molar refractivity (Wildman–Crippen MR) is 130 cm³/mol. The van der Waals surface area contributed by atoms with Gasteiger partial charge in [0.15, 0.2) is 0 Å². The molecular weight excluding hydrogens is 432 g/mol. The van der Waals surface area contributed by atoms with Crippen molar-refractivity contribution in [1.29, 1.82) is 0 Å². The number of amides is 5. The first-order valence-corrected chi connectivity index (χ1v) is 10.8. The van der Waals surface area contributed by atoms with Gasteiger partial charge in [-0.2, -0.15) is 0 Å². The van der Waals surface area contributed by atoms with Gasteiger partial charge in [-0.05, 0) is 50.2 Å². The molecule has 172 valence electrons. The van der Waals surface area contributed by atoms with Gasteiger partial charge in [-0.25, -0.2) is 4.79 Å². The summed E-state index contributed by atoms with van der Waals surface area (Å²) in [6.07, 6.45) is 0. The van der Waals surface area contributed by atoms with Crippen LogP contribution in [0, 0.1) is 6.92 Å². The first kappa shape index (κ1) is 22.7. The zero-order chi connectivity index (χ0) is 24.2. The zero-order valence-electron chi connectivity index (χ0n) is 18.8. The molecule has 0 bridgehead atoms. The average Bonchev–Trinajstić information content (AvgIpc) is 3.04. The molecule has 5 amide bonds. The van der Waals surface area contributed by atoms with Gasteiger partial charge in [-0.15, -0.1) is 0 Å². The van der Waals surface area contributed by atoms with Crippen LogP contribution in [0.4, 0.5) is 21.9 Å². The van der Waals surface area contributed by atoms with Crippen molar-refractivity contribution in [3.8, 4) is 0 Å². The molecule has 34 heavy (non-hydrogen) atoms. The van der Waals surface area contributed by atoms with E-state index < -0.39 is 36.3 Å². The Morgan fingerprint density at radius 2 is 1.50 bits per heavy atom. The Bertz CT molecular complexity index is 1240. The predicted octanol–water partition coefficient (Wildman–Crippen LogP) is 4.04. The largest absolute Gasteiger partial charge is 0.332 e. The topological polar surface area (TPSA) is 98.8 Å². The Kier molecular flexibility index (Phi) is 6.40. The summed E-state index contributed by atoms with van der Waals surface area (Å²) in [6.45, 7) is 3.10. The fourth-order valence-corrected chi connectivity index (χ4v) is 3.75. The van der Waals surface area contributed by atoms with E-state index in [1.807, 2.05) is 25.1 Å². The van der Waals surface area contributed by atoms with Gasteiger partial charge in [0.1, 0.15) is 12.6 Å². The molecule has 3 aromatic carbocycles. The number of benzene rings is 3. The molecule has 0 spiro atoms. The Morgan fingerprint density at radius 1 is 0.853 bits per heavy atom. The lowest BCUT2D eigenvalue weighted by molar-refractivity contribution is -0.130. The molecule has 1 aliphatic rings.